The minimum absolute atomic E-state index is 0.0631. The van der Waals surface area contributed by atoms with Gasteiger partial charge in [0.25, 0.3) is 0 Å². The van der Waals surface area contributed by atoms with Crippen molar-refractivity contribution in [2.75, 3.05) is 24.7 Å². The maximum atomic E-state index is 11.6. The van der Waals surface area contributed by atoms with Gasteiger partial charge < -0.3 is 9.84 Å². The quantitative estimate of drug-likeness (QED) is 0.461. The molecule has 0 aliphatic rings. The van der Waals surface area contributed by atoms with Crippen molar-refractivity contribution in [3.63, 3.8) is 0 Å². The van der Waals surface area contributed by atoms with Gasteiger partial charge in [-0.2, -0.15) is 25.3 Å². The fraction of sp³-hybridized carbons (Fsp3) is 0.889. The number of rotatable bonds is 7. The van der Waals surface area contributed by atoms with Crippen molar-refractivity contribution in [2.24, 2.45) is 5.41 Å². The molecule has 0 spiro atoms. The Labute approximate surface area is 96.0 Å². The highest BCUT2D eigenvalue weighted by molar-refractivity contribution is 7.80. The van der Waals surface area contributed by atoms with E-state index in [1.165, 1.54) is 0 Å². The minimum atomic E-state index is -0.515. The van der Waals surface area contributed by atoms with Crippen molar-refractivity contribution < 1.29 is 14.6 Å². The van der Waals surface area contributed by atoms with Crippen molar-refractivity contribution in [3.8, 4) is 0 Å². The Morgan fingerprint density at radius 1 is 1.36 bits per heavy atom. The Balaban J connectivity index is 4.23. The molecule has 14 heavy (non-hydrogen) atoms. The standard InChI is InChI=1S/C9H18O3S2/c1-9(2-6-13,3-7-14)8(11)12-5-4-10/h10,13-14H,2-7H2,1H3. The number of esters is 1. The lowest BCUT2D eigenvalue weighted by Gasteiger charge is -2.25. The third-order valence-electron chi connectivity index (χ3n) is 2.14. The van der Waals surface area contributed by atoms with Crippen molar-refractivity contribution in [2.45, 2.75) is 19.8 Å². The van der Waals surface area contributed by atoms with Crippen LogP contribution >= 0.6 is 25.3 Å². The summed E-state index contributed by atoms with van der Waals surface area (Å²) >= 11 is 8.22. The maximum absolute atomic E-state index is 11.6. The molecule has 0 amide bonds. The fourth-order valence-corrected chi connectivity index (χ4v) is 2.12. The van der Waals surface area contributed by atoms with Gasteiger partial charge in [0.05, 0.1) is 12.0 Å². The third kappa shape index (κ3) is 4.57. The lowest BCUT2D eigenvalue weighted by Crippen LogP contribution is -2.31. The zero-order valence-electron chi connectivity index (χ0n) is 8.40. The predicted octanol–water partition coefficient (Wildman–Crippen LogP) is 1.17. The van der Waals surface area contributed by atoms with E-state index in [4.69, 9.17) is 9.84 Å². The molecule has 5 heteroatoms. The first kappa shape index (κ1) is 14.1. The molecule has 0 aromatic rings. The molecule has 0 aliphatic heterocycles. The molecule has 0 fully saturated rings. The van der Waals surface area contributed by atoms with Gasteiger partial charge in [0.1, 0.15) is 6.61 Å². The van der Waals surface area contributed by atoms with Crippen LogP contribution < -0.4 is 0 Å². The molecule has 0 rings (SSSR count). The molecule has 1 N–H and O–H groups in total. The second kappa shape index (κ2) is 7.43. The summed E-state index contributed by atoms with van der Waals surface area (Å²) < 4.78 is 4.90. The Hall–Kier alpha value is 0.130. The van der Waals surface area contributed by atoms with E-state index in [9.17, 15) is 4.79 Å². The van der Waals surface area contributed by atoms with Gasteiger partial charge in [-0.1, -0.05) is 0 Å². The predicted molar refractivity (Wildman–Crippen MR) is 63.1 cm³/mol. The van der Waals surface area contributed by atoms with E-state index >= 15 is 0 Å². The van der Waals surface area contributed by atoms with Gasteiger partial charge in [-0.25, -0.2) is 0 Å². The summed E-state index contributed by atoms with van der Waals surface area (Å²) in [7, 11) is 0. The Bertz CT molecular complexity index is 167. The second-order valence-electron chi connectivity index (χ2n) is 3.37. The minimum Gasteiger partial charge on any atom is -0.463 e. The average molecular weight is 238 g/mol. The average Bonchev–Trinajstić information content (AvgIpc) is 2.15. The number of aliphatic hydroxyl groups is 1. The summed E-state index contributed by atoms with van der Waals surface area (Å²) in [6.45, 7) is 1.77. The monoisotopic (exact) mass is 238 g/mol. The summed E-state index contributed by atoms with van der Waals surface area (Å²) in [6.07, 6.45) is 1.34. The number of hydrogen-bond acceptors (Lipinski definition) is 5. The number of carbonyl (C=O) groups excluding carboxylic acids is 1. The second-order valence-corrected chi connectivity index (χ2v) is 4.26. The summed E-state index contributed by atoms with van der Waals surface area (Å²) in [5, 5.41) is 8.53. The zero-order chi connectivity index (χ0) is 11.0. The van der Waals surface area contributed by atoms with Crippen molar-refractivity contribution in [1.29, 1.82) is 0 Å². The van der Waals surface area contributed by atoms with Crippen LogP contribution in [0.2, 0.25) is 0 Å². The molecule has 0 bridgehead atoms. The highest BCUT2D eigenvalue weighted by atomic mass is 32.1. The molecule has 0 aromatic heterocycles. The van der Waals surface area contributed by atoms with E-state index in [0.29, 0.717) is 24.3 Å². The van der Waals surface area contributed by atoms with Gasteiger partial charge in [-0.05, 0) is 31.3 Å². The lowest BCUT2D eigenvalue weighted by molar-refractivity contribution is -0.156. The topological polar surface area (TPSA) is 46.5 Å². The van der Waals surface area contributed by atoms with Gasteiger partial charge in [0, 0.05) is 0 Å². The number of aliphatic hydroxyl groups excluding tert-OH is 1. The summed E-state index contributed by atoms with van der Waals surface area (Å²) in [4.78, 5) is 11.6. The molecule has 0 atom stereocenters. The first-order valence-electron chi connectivity index (χ1n) is 4.60. The molecule has 0 saturated heterocycles. The van der Waals surface area contributed by atoms with Crippen LogP contribution in [0.4, 0.5) is 0 Å². The first-order chi connectivity index (χ1) is 6.60. The highest BCUT2D eigenvalue weighted by Gasteiger charge is 2.33. The van der Waals surface area contributed by atoms with Crippen LogP contribution in [0, 0.1) is 5.41 Å². The van der Waals surface area contributed by atoms with Gasteiger partial charge >= 0.3 is 5.97 Å². The molecule has 0 radical (unpaired) electrons. The molecular weight excluding hydrogens is 220 g/mol. The van der Waals surface area contributed by atoms with E-state index in [1.54, 1.807) is 0 Å². The summed E-state index contributed by atoms with van der Waals surface area (Å²) in [5.41, 5.74) is -0.515. The van der Waals surface area contributed by atoms with Crippen LogP contribution in [-0.2, 0) is 9.53 Å². The Morgan fingerprint density at radius 2 is 1.86 bits per heavy atom. The normalized spacial score (nSPS) is 11.4. The number of thiol groups is 2. The SMILES string of the molecule is CC(CCS)(CCS)C(=O)OCCO. The van der Waals surface area contributed by atoms with Gasteiger partial charge in [-0.15, -0.1) is 0 Å². The molecule has 0 heterocycles. The van der Waals surface area contributed by atoms with Gasteiger partial charge in [-0.3, -0.25) is 4.79 Å². The molecule has 0 aromatic carbocycles. The smallest absolute Gasteiger partial charge is 0.311 e. The third-order valence-corrected chi connectivity index (χ3v) is 2.59. The van der Waals surface area contributed by atoms with E-state index in [2.05, 4.69) is 25.3 Å². The molecule has 3 nitrogen and oxygen atoms in total. The number of hydrogen-bond donors (Lipinski definition) is 3. The zero-order valence-corrected chi connectivity index (χ0v) is 10.2. The van der Waals surface area contributed by atoms with Gasteiger partial charge in [0.2, 0.25) is 0 Å². The lowest BCUT2D eigenvalue weighted by atomic mass is 9.85. The van der Waals surface area contributed by atoms with E-state index in [0.717, 1.165) is 0 Å². The van der Waals surface area contributed by atoms with Crippen LogP contribution in [0.1, 0.15) is 19.8 Å². The number of carbonyl (C=O) groups is 1. The van der Waals surface area contributed by atoms with E-state index in [-0.39, 0.29) is 19.2 Å². The van der Waals surface area contributed by atoms with Crippen molar-refractivity contribution in [1.82, 2.24) is 0 Å². The van der Waals surface area contributed by atoms with Crippen LogP contribution in [0.25, 0.3) is 0 Å². The summed E-state index contributed by atoms with van der Waals surface area (Å²) in [5.74, 6) is 1.01. The van der Waals surface area contributed by atoms with Crippen molar-refractivity contribution >= 4 is 31.2 Å². The Morgan fingerprint density at radius 3 is 2.21 bits per heavy atom. The molecule has 84 valence electrons. The summed E-state index contributed by atoms with van der Waals surface area (Å²) in [6, 6.07) is 0. The van der Waals surface area contributed by atoms with E-state index in [1.807, 2.05) is 6.92 Å². The first-order valence-corrected chi connectivity index (χ1v) is 5.87. The molecule has 0 aliphatic carbocycles. The highest BCUT2D eigenvalue weighted by Crippen LogP contribution is 2.28. The van der Waals surface area contributed by atoms with E-state index < -0.39 is 5.41 Å². The van der Waals surface area contributed by atoms with Gasteiger partial charge in [0.15, 0.2) is 0 Å². The van der Waals surface area contributed by atoms with Crippen LogP contribution in [0.5, 0.6) is 0 Å². The molecule has 0 unspecified atom stereocenters. The van der Waals surface area contributed by atoms with Crippen LogP contribution in [-0.4, -0.2) is 35.8 Å². The largest absolute Gasteiger partial charge is 0.463 e. The van der Waals surface area contributed by atoms with Crippen LogP contribution in [0.3, 0.4) is 0 Å². The number of ether oxygens (including phenoxy) is 1. The van der Waals surface area contributed by atoms with Crippen molar-refractivity contribution in [3.05, 3.63) is 0 Å². The Kier molecular flexibility index (Phi) is 7.49. The molecular formula is C9H18O3S2. The maximum Gasteiger partial charge on any atom is 0.311 e. The fourth-order valence-electron chi connectivity index (χ4n) is 1.14. The molecule has 0 saturated carbocycles. The van der Waals surface area contributed by atoms with Crippen LogP contribution in [0.15, 0.2) is 0 Å².